The van der Waals surface area contributed by atoms with Crippen molar-refractivity contribution in [2.24, 2.45) is 0 Å². The molecule has 158 valence electrons. The maximum absolute atomic E-state index is 13.3. The zero-order chi connectivity index (χ0) is 21.4. The van der Waals surface area contributed by atoms with Crippen molar-refractivity contribution in [3.63, 3.8) is 0 Å². The van der Waals surface area contributed by atoms with Crippen LogP contribution in [0.4, 0.5) is 29.3 Å². The minimum atomic E-state index is -4.47. The van der Waals surface area contributed by atoms with Gasteiger partial charge in [0, 0.05) is 11.4 Å². The van der Waals surface area contributed by atoms with E-state index in [2.05, 4.69) is 5.32 Å². The summed E-state index contributed by atoms with van der Waals surface area (Å²) in [6.45, 7) is 0.721. The molecule has 0 unspecified atom stereocenters. The van der Waals surface area contributed by atoms with E-state index in [4.69, 9.17) is 4.74 Å². The van der Waals surface area contributed by atoms with Crippen LogP contribution in [-0.2, 0) is 21.1 Å². The Morgan fingerprint density at radius 1 is 1.07 bits per heavy atom. The van der Waals surface area contributed by atoms with Crippen molar-refractivity contribution < 1.29 is 27.5 Å². The molecule has 2 amide bonds. The number of nitrogens with one attached hydrogen (secondary N) is 1. The molecule has 0 aromatic heterocycles. The van der Waals surface area contributed by atoms with E-state index in [1.54, 1.807) is 30.3 Å². The Kier molecular flexibility index (Phi) is 5.17. The summed E-state index contributed by atoms with van der Waals surface area (Å²) in [7, 11) is 0. The first-order valence-corrected chi connectivity index (χ1v) is 9.83. The van der Waals surface area contributed by atoms with Gasteiger partial charge in [-0.3, -0.25) is 9.69 Å². The molecule has 1 saturated carbocycles. The van der Waals surface area contributed by atoms with Crippen LogP contribution in [0.1, 0.15) is 36.8 Å². The molecule has 1 aliphatic carbocycles. The molecule has 0 bridgehead atoms. The molecule has 0 spiro atoms. The third-order valence-corrected chi connectivity index (χ3v) is 5.81. The predicted octanol–water partition coefficient (Wildman–Crippen LogP) is 5.11. The lowest BCUT2D eigenvalue weighted by Gasteiger charge is -2.29. The average molecular weight is 418 g/mol. The number of ether oxygens (including phenoxy) is 1. The van der Waals surface area contributed by atoms with Crippen LogP contribution in [-0.4, -0.2) is 25.2 Å². The fourth-order valence-electron chi connectivity index (χ4n) is 4.25. The number of alkyl halides is 3. The molecule has 1 saturated heterocycles. The van der Waals surface area contributed by atoms with Crippen molar-refractivity contribution in [3.05, 3.63) is 59.7 Å². The number of rotatable bonds is 4. The molecule has 5 nitrogen and oxygen atoms in total. The summed E-state index contributed by atoms with van der Waals surface area (Å²) in [6, 6.07) is 11.9. The molecule has 2 fully saturated rings. The van der Waals surface area contributed by atoms with Crippen LogP contribution in [0.25, 0.3) is 0 Å². The Hall–Kier alpha value is -3.03. The van der Waals surface area contributed by atoms with Gasteiger partial charge in [0.25, 0.3) is 0 Å². The lowest BCUT2D eigenvalue weighted by Crippen LogP contribution is -2.38. The maximum atomic E-state index is 13.3. The van der Waals surface area contributed by atoms with Gasteiger partial charge in [0.15, 0.2) is 0 Å². The summed E-state index contributed by atoms with van der Waals surface area (Å²) in [4.78, 5) is 26.6. The molecule has 4 rings (SSSR count). The van der Waals surface area contributed by atoms with E-state index in [9.17, 15) is 22.8 Å². The van der Waals surface area contributed by atoms with Crippen LogP contribution >= 0.6 is 0 Å². The maximum Gasteiger partial charge on any atom is 0.416 e. The Morgan fingerprint density at radius 2 is 1.80 bits per heavy atom. The quantitative estimate of drug-likeness (QED) is 0.751. The molecular formula is C22H21F3N2O3. The summed E-state index contributed by atoms with van der Waals surface area (Å²) < 4.78 is 44.6. The van der Waals surface area contributed by atoms with Gasteiger partial charge in [-0.25, -0.2) is 4.79 Å². The van der Waals surface area contributed by atoms with E-state index in [0.29, 0.717) is 42.9 Å². The van der Waals surface area contributed by atoms with Crippen molar-refractivity contribution in [1.29, 1.82) is 0 Å². The lowest BCUT2D eigenvalue weighted by atomic mass is 9.77. The van der Waals surface area contributed by atoms with Crippen molar-refractivity contribution in [3.8, 4) is 0 Å². The molecular weight excluding hydrogens is 397 g/mol. The van der Waals surface area contributed by atoms with E-state index in [1.165, 1.54) is 11.0 Å². The number of hydrogen-bond donors (Lipinski definition) is 1. The second-order valence-corrected chi connectivity index (χ2v) is 7.64. The first-order chi connectivity index (χ1) is 14.3. The van der Waals surface area contributed by atoms with Gasteiger partial charge in [0.1, 0.15) is 6.61 Å². The first-order valence-electron chi connectivity index (χ1n) is 9.83. The second-order valence-electron chi connectivity index (χ2n) is 7.64. The number of benzene rings is 2. The van der Waals surface area contributed by atoms with Gasteiger partial charge in [-0.2, -0.15) is 13.2 Å². The van der Waals surface area contributed by atoms with Gasteiger partial charge in [0.05, 0.1) is 17.5 Å². The lowest BCUT2D eigenvalue weighted by molar-refractivity contribution is -0.137. The molecule has 8 heteroatoms. The monoisotopic (exact) mass is 418 g/mol. The van der Waals surface area contributed by atoms with Crippen LogP contribution < -0.4 is 10.2 Å². The Balaban J connectivity index is 1.62. The number of carbonyl (C=O) groups excluding carboxylic acids is 2. The van der Waals surface area contributed by atoms with E-state index in [0.717, 1.165) is 25.0 Å². The zero-order valence-corrected chi connectivity index (χ0v) is 16.2. The average Bonchev–Trinajstić information content (AvgIpc) is 3.37. The topological polar surface area (TPSA) is 58.6 Å². The van der Waals surface area contributed by atoms with Gasteiger partial charge < -0.3 is 10.1 Å². The second kappa shape index (κ2) is 7.66. The minimum absolute atomic E-state index is 0.300. The standard InChI is InChI=1S/C22H21F3N2O3/c23-22(24,25)16-6-3-5-15(13-16)21(9-1-2-10-21)19(28)26-17-7-4-8-18(14-17)27-11-12-30-20(27)29/h3-8,13-14H,1-2,9-12H2,(H,26,28). The van der Waals surface area contributed by atoms with Gasteiger partial charge in [-0.15, -0.1) is 0 Å². The minimum Gasteiger partial charge on any atom is -0.447 e. The van der Waals surface area contributed by atoms with Gasteiger partial charge in [-0.05, 0) is 42.7 Å². The molecule has 2 aliphatic rings. The predicted molar refractivity (Wildman–Crippen MR) is 105 cm³/mol. The highest BCUT2D eigenvalue weighted by atomic mass is 19.4. The molecule has 0 radical (unpaired) electrons. The first kappa shape index (κ1) is 20.3. The Morgan fingerprint density at radius 3 is 2.47 bits per heavy atom. The molecule has 1 N–H and O–H groups in total. The summed E-state index contributed by atoms with van der Waals surface area (Å²) >= 11 is 0. The summed E-state index contributed by atoms with van der Waals surface area (Å²) in [5.41, 5.74) is -0.311. The molecule has 0 atom stereocenters. The number of cyclic esters (lactones) is 1. The van der Waals surface area contributed by atoms with E-state index in [1.807, 2.05) is 0 Å². The van der Waals surface area contributed by atoms with Crippen molar-refractivity contribution in [1.82, 2.24) is 0 Å². The highest BCUT2D eigenvalue weighted by Crippen LogP contribution is 2.43. The number of halogens is 3. The summed E-state index contributed by atoms with van der Waals surface area (Å²) in [5.74, 6) is -0.333. The number of anilines is 2. The van der Waals surface area contributed by atoms with E-state index >= 15 is 0 Å². The van der Waals surface area contributed by atoms with Gasteiger partial charge in [-0.1, -0.05) is 37.1 Å². The van der Waals surface area contributed by atoms with E-state index < -0.39 is 23.2 Å². The highest BCUT2D eigenvalue weighted by Gasteiger charge is 2.44. The number of hydrogen-bond acceptors (Lipinski definition) is 3. The molecule has 30 heavy (non-hydrogen) atoms. The van der Waals surface area contributed by atoms with Crippen molar-refractivity contribution in [2.45, 2.75) is 37.3 Å². The van der Waals surface area contributed by atoms with Crippen LogP contribution in [0.3, 0.4) is 0 Å². The number of amides is 2. The zero-order valence-electron chi connectivity index (χ0n) is 16.2. The number of nitrogens with zero attached hydrogens (tertiary/aromatic N) is 1. The summed E-state index contributed by atoms with van der Waals surface area (Å²) in [5, 5.41) is 2.86. The van der Waals surface area contributed by atoms with Crippen LogP contribution in [0, 0.1) is 0 Å². The van der Waals surface area contributed by atoms with Crippen LogP contribution in [0.5, 0.6) is 0 Å². The third-order valence-electron chi connectivity index (χ3n) is 5.81. The van der Waals surface area contributed by atoms with Crippen LogP contribution in [0.15, 0.2) is 48.5 Å². The van der Waals surface area contributed by atoms with Gasteiger partial charge in [0.2, 0.25) is 5.91 Å². The van der Waals surface area contributed by atoms with Crippen molar-refractivity contribution in [2.75, 3.05) is 23.4 Å². The smallest absolute Gasteiger partial charge is 0.416 e. The Labute approximate surface area is 171 Å². The largest absolute Gasteiger partial charge is 0.447 e. The third kappa shape index (κ3) is 3.74. The highest BCUT2D eigenvalue weighted by molar-refractivity contribution is 6.00. The molecule has 2 aromatic rings. The normalized spacial score (nSPS) is 18.4. The number of carbonyl (C=O) groups is 2. The van der Waals surface area contributed by atoms with Crippen LogP contribution in [0.2, 0.25) is 0 Å². The fraction of sp³-hybridized carbons (Fsp3) is 0.364. The molecule has 1 heterocycles. The SMILES string of the molecule is O=C1OCCN1c1cccc(NC(=O)C2(c3cccc(C(F)(F)F)c3)CCCC2)c1. The van der Waals surface area contributed by atoms with E-state index in [-0.39, 0.29) is 5.91 Å². The molecule has 2 aromatic carbocycles. The fourth-order valence-corrected chi connectivity index (χ4v) is 4.25. The summed E-state index contributed by atoms with van der Waals surface area (Å²) in [6.07, 6.45) is -2.41. The van der Waals surface area contributed by atoms with Gasteiger partial charge >= 0.3 is 12.3 Å². The molecule has 1 aliphatic heterocycles. The Bertz CT molecular complexity index is 968. The van der Waals surface area contributed by atoms with Crippen molar-refractivity contribution >= 4 is 23.4 Å².